The van der Waals surface area contributed by atoms with E-state index in [1.165, 1.54) is 15.6 Å². The maximum absolute atomic E-state index is 12.7. The maximum Gasteiger partial charge on any atom is 0.282 e. The number of aromatic hydroxyl groups is 1. The SMILES string of the molecule is COc1ccc(-n2nc(C)c(C=Nn3c(C)nc4ccccc4c3=O)c2O)cc1. The van der Waals surface area contributed by atoms with Gasteiger partial charge in [0, 0.05) is 0 Å². The molecule has 2 heterocycles. The molecule has 0 saturated heterocycles. The number of fused-ring (bicyclic) bond motifs is 1. The van der Waals surface area contributed by atoms with Crippen molar-refractivity contribution in [3.8, 4) is 17.3 Å². The van der Waals surface area contributed by atoms with Crippen molar-refractivity contribution in [1.82, 2.24) is 19.4 Å². The standard InChI is InChI=1S/C21H19N5O3/c1-13-18(21(28)26(24-13)15-8-10-16(29-3)11-9-15)12-22-25-14(2)23-19-7-5-4-6-17(19)20(25)27/h4-12,28H,1-3H3. The van der Waals surface area contributed by atoms with Gasteiger partial charge in [0.1, 0.15) is 11.6 Å². The minimum absolute atomic E-state index is 0.0733. The Balaban J connectivity index is 1.75. The van der Waals surface area contributed by atoms with Crippen molar-refractivity contribution in [3.63, 3.8) is 0 Å². The van der Waals surface area contributed by atoms with Crippen LogP contribution in [-0.2, 0) is 0 Å². The van der Waals surface area contributed by atoms with Crippen LogP contribution in [0.2, 0.25) is 0 Å². The van der Waals surface area contributed by atoms with E-state index in [1.807, 2.05) is 6.07 Å². The second-order valence-electron chi connectivity index (χ2n) is 6.47. The van der Waals surface area contributed by atoms with E-state index in [0.717, 1.165) is 0 Å². The first-order valence-corrected chi connectivity index (χ1v) is 8.95. The lowest BCUT2D eigenvalue weighted by atomic mass is 10.2. The summed E-state index contributed by atoms with van der Waals surface area (Å²) in [6, 6.07) is 14.2. The molecule has 0 aliphatic carbocycles. The Labute approximate surface area is 166 Å². The van der Waals surface area contributed by atoms with Gasteiger partial charge in [-0.05, 0) is 50.2 Å². The second kappa shape index (κ2) is 7.23. The van der Waals surface area contributed by atoms with Gasteiger partial charge in [-0.25, -0.2) is 9.67 Å². The Morgan fingerprint density at radius 3 is 2.55 bits per heavy atom. The van der Waals surface area contributed by atoms with Crippen LogP contribution in [-0.4, -0.2) is 37.9 Å². The van der Waals surface area contributed by atoms with Crippen LogP contribution in [0.15, 0.2) is 58.4 Å². The third-order valence-corrected chi connectivity index (χ3v) is 4.62. The van der Waals surface area contributed by atoms with Crippen molar-refractivity contribution in [2.45, 2.75) is 13.8 Å². The number of aromatic nitrogens is 4. The molecule has 0 spiro atoms. The predicted molar refractivity (Wildman–Crippen MR) is 110 cm³/mol. The maximum atomic E-state index is 12.7. The molecule has 0 aliphatic rings. The number of nitrogens with zero attached hydrogens (tertiary/aromatic N) is 5. The molecular weight excluding hydrogens is 370 g/mol. The highest BCUT2D eigenvalue weighted by Crippen LogP contribution is 2.24. The average Bonchev–Trinajstić information content (AvgIpc) is 3.02. The van der Waals surface area contributed by atoms with Crippen LogP contribution in [0.1, 0.15) is 17.1 Å². The van der Waals surface area contributed by atoms with Gasteiger partial charge in [-0.15, -0.1) is 0 Å². The molecule has 0 unspecified atom stereocenters. The first kappa shape index (κ1) is 18.4. The number of rotatable bonds is 4. The van der Waals surface area contributed by atoms with Crippen molar-refractivity contribution in [2.24, 2.45) is 5.10 Å². The van der Waals surface area contributed by atoms with Crippen LogP contribution in [0, 0.1) is 13.8 Å². The molecule has 8 heteroatoms. The minimum atomic E-state index is -0.274. The van der Waals surface area contributed by atoms with E-state index in [9.17, 15) is 9.90 Å². The normalized spacial score (nSPS) is 11.4. The lowest BCUT2D eigenvalue weighted by Gasteiger charge is -2.05. The van der Waals surface area contributed by atoms with E-state index < -0.39 is 0 Å². The van der Waals surface area contributed by atoms with E-state index in [-0.39, 0.29) is 11.4 Å². The van der Waals surface area contributed by atoms with Gasteiger partial charge in [0.25, 0.3) is 5.56 Å². The monoisotopic (exact) mass is 389 g/mol. The Kier molecular flexibility index (Phi) is 4.59. The smallest absolute Gasteiger partial charge is 0.282 e. The topological polar surface area (TPSA) is 94.5 Å². The molecule has 0 bridgehead atoms. The zero-order chi connectivity index (χ0) is 20.5. The number of ether oxygens (including phenoxy) is 1. The van der Waals surface area contributed by atoms with Crippen LogP contribution in [0.3, 0.4) is 0 Å². The van der Waals surface area contributed by atoms with Gasteiger partial charge >= 0.3 is 0 Å². The van der Waals surface area contributed by atoms with E-state index in [2.05, 4.69) is 15.2 Å². The number of hydrogen-bond acceptors (Lipinski definition) is 6. The van der Waals surface area contributed by atoms with Gasteiger partial charge in [0.2, 0.25) is 5.88 Å². The Morgan fingerprint density at radius 1 is 1.10 bits per heavy atom. The summed E-state index contributed by atoms with van der Waals surface area (Å²) in [5.41, 5.74) is 2.01. The van der Waals surface area contributed by atoms with Gasteiger partial charge in [-0.1, -0.05) is 12.1 Å². The molecule has 29 heavy (non-hydrogen) atoms. The fourth-order valence-electron chi connectivity index (χ4n) is 3.07. The Hall–Kier alpha value is -3.94. The lowest BCUT2D eigenvalue weighted by molar-refractivity contribution is 0.414. The van der Waals surface area contributed by atoms with Crippen LogP contribution < -0.4 is 10.3 Å². The average molecular weight is 389 g/mol. The van der Waals surface area contributed by atoms with E-state index in [4.69, 9.17) is 4.74 Å². The van der Waals surface area contributed by atoms with Crippen LogP contribution >= 0.6 is 0 Å². The highest BCUT2D eigenvalue weighted by Gasteiger charge is 2.15. The summed E-state index contributed by atoms with van der Waals surface area (Å²) in [6.07, 6.45) is 1.42. The molecule has 4 rings (SSSR count). The Bertz CT molecular complexity index is 1290. The number of benzene rings is 2. The number of aryl methyl sites for hydroxylation is 2. The first-order chi connectivity index (χ1) is 14.0. The summed E-state index contributed by atoms with van der Waals surface area (Å²) in [5, 5.41) is 19.8. The molecule has 4 aromatic rings. The molecule has 8 nitrogen and oxygen atoms in total. The molecular formula is C21H19N5O3. The Morgan fingerprint density at radius 2 is 1.83 bits per heavy atom. The second-order valence-corrected chi connectivity index (χ2v) is 6.47. The molecule has 0 atom stereocenters. The summed E-state index contributed by atoms with van der Waals surface area (Å²) >= 11 is 0. The molecule has 0 saturated carbocycles. The summed E-state index contributed by atoms with van der Waals surface area (Å²) in [4.78, 5) is 17.2. The minimum Gasteiger partial charge on any atom is -0.497 e. The third-order valence-electron chi connectivity index (χ3n) is 4.62. The van der Waals surface area contributed by atoms with E-state index in [1.54, 1.807) is 63.4 Å². The fraction of sp³-hybridized carbons (Fsp3) is 0.143. The van der Waals surface area contributed by atoms with E-state index in [0.29, 0.717) is 39.4 Å². The van der Waals surface area contributed by atoms with Gasteiger partial charge in [0.15, 0.2) is 0 Å². The zero-order valence-corrected chi connectivity index (χ0v) is 16.2. The van der Waals surface area contributed by atoms with Gasteiger partial charge < -0.3 is 9.84 Å². The summed E-state index contributed by atoms with van der Waals surface area (Å²) < 4.78 is 7.77. The molecule has 0 amide bonds. The van der Waals surface area contributed by atoms with Crippen molar-refractivity contribution in [1.29, 1.82) is 0 Å². The zero-order valence-electron chi connectivity index (χ0n) is 16.2. The van der Waals surface area contributed by atoms with Crippen molar-refractivity contribution in [2.75, 3.05) is 7.11 Å². The van der Waals surface area contributed by atoms with Gasteiger partial charge in [0.05, 0.1) is 41.2 Å². The van der Waals surface area contributed by atoms with Crippen LogP contribution in [0.4, 0.5) is 0 Å². The summed E-state index contributed by atoms with van der Waals surface area (Å²) in [6.45, 7) is 3.47. The van der Waals surface area contributed by atoms with E-state index >= 15 is 0 Å². The molecule has 2 aromatic heterocycles. The molecule has 0 fully saturated rings. The van der Waals surface area contributed by atoms with Crippen molar-refractivity contribution >= 4 is 17.1 Å². The highest BCUT2D eigenvalue weighted by molar-refractivity contribution is 5.84. The molecule has 0 radical (unpaired) electrons. The third kappa shape index (κ3) is 3.25. The number of methoxy groups -OCH3 is 1. The quantitative estimate of drug-likeness (QED) is 0.542. The fourth-order valence-corrected chi connectivity index (χ4v) is 3.07. The largest absolute Gasteiger partial charge is 0.497 e. The van der Waals surface area contributed by atoms with Crippen LogP contribution in [0.5, 0.6) is 11.6 Å². The predicted octanol–water partition coefficient (Wildman–Crippen LogP) is 2.80. The van der Waals surface area contributed by atoms with Gasteiger partial charge in [-0.3, -0.25) is 4.79 Å². The summed E-state index contributed by atoms with van der Waals surface area (Å²) in [7, 11) is 1.59. The number of hydrogen-bond donors (Lipinski definition) is 1. The molecule has 2 aromatic carbocycles. The highest BCUT2D eigenvalue weighted by atomic mass is 16.5. The van der Waals surface area contributed by atoms with Crippen molar-refractivity contribution < 1.29 is 9.84 Å². The van der Waals surface area contributed by atoms with Gasteiger partial charge in [-0.2, -0.15) is 14.9 Å². The van der Waals surface area contributed by atoms with Crippen molar-refractivity contribution in [3.05, 3.63) is 76.0 Å². The number of para-hydroxylation sites is 1. The van der Waals surface area contributed by atoms with Crippen LogP contribution in [0.25, 0.3) is 16.6 Å². The molecule has 146 valence electrons. The molecule has 0 aliphatic heterocycles. The summed E-state index contributed by atoms with van der Waals surface area (Å²) in [5.74, 6) is 1.08. The molecule has 1 N–H and O–H groups in total. The lowest BCUT2D eigenvalue weighted by Crippen LogP contribution is -2.20. The first-order valence-electron chi connectivity index (χ1n) is 8.95.